The Kier molecular flexibility index (Phi) is 22.0. The summed E-state index contributed by atoms with van der Waals surface area (Å²) in [5.41, 5.74) is 0.880. The van der Waals surface area contributed by atoms with Gasteiger partial charge in [-0.15, -0.1) is 0 Å². The van der Waals surface area contributed by atoms with E-state index in [4.69, 9.17) is 13.9 Å². The molecule has 8 atom stereocenters. The average molecular weight is 818 g/mol. The van der Waals surface area contributed by atoms with Crippen LogP contribution in [0, 0.1) is 17.8 Å². The van der Waals surface area contributed by atoms with Gasteiger partial charge in [0.2, 0.25) is 17.7 Å². The molecule has 0 aromatic heterocycles. The number of rotatable bonds is 22. The Morgan fingerprint density at radius 1 is 0.772 bits per heavy atom. The Bertz CT molecular complexity index is 1350. The Morgan fingerprint density at radius 2 is 1.30 bits per heavy atom. The van der Waals surface area contributed by atoms with Gasteiger partial charge in [-0.2, -0.15) is 0 Å². The maximum absolute atomic E-state index is 14.3. The number of aliphatic hydroxyl groups excluding tert-OH is 1. The topological polar surface area (TPSA) is 152 Å². The fourth-order valence-corrected chi connectivity index (χ4v) is 8.42. The van der Waals surface area contributed by atoms with E-state index in [0.717, 1.165) is 24.8 Å². The molecule has 0 aliphatic carbocycles. The molecule has 1 aliphatic rings. The molecule has 1 fully saturated rings. The Hall–Kier alpha value is -2.80. The summed E-state index contributed by atoms with van der Waals surface area (Å²) in [4.78, 5) is 56.4. The van der Waals surface area contributed by atoms with E-state index in [0.29, 0.717) is 6.42 Å². The maximum Gasteiger partial charge on any atom is 0.331 e. The minimum Gasteiger partial charge on any atom is -0.460 e. The molecule has 0 radical (unpaired) electrons. The van der Waals surface area contributed by atoms with Gasteiger partial charge in [0.05, 0.1) is 31.3 Å². The average Bonchev–Trinajstić information content (AvgIpc) is 3.15. The van der Waals surface area contributed by atoms with Crippen molar-refractivity contribution < 1.29 is 38.2 Å². The number of hydrogen-bond donors (Lipinski definition) is 4. The van der Waals surface area contributed by atoms with E-state index < -0.39 is 80.3 Å². The lowest BCUT2D eigenvalue weighted by Crippen LogP contribution is -2.62. The fourth-order valence-electron chi connectivity index (χ4n) is 7.00. The molecule has 4 N–H and O–H groups in total. The van der Waals surface area contributed by atoms with Crippen LogP contribution in [0.25, 0.3) is 0 Å². The predicted molar refractivity (Wildman–Crippen MR) is 230 cm³/mol. The third-order valence-electron chi connectivity index (χ3n) is 12.0. The van der Waals surface area contributed by atoms with Gasteiger partial charge in [0.15, 0.2) is 14.4 Å². The van der Waals surface area contributed by atoms with Crippen molar-refractivity contribution >= 4 is 32.0 Å². The molecule has 1 saturated heterocycles. The summed E-state index contributed by atoms with van der Waals surface area (Å²) in [5, 5.41) is 19.8. The molecule has 57 heavy (non-hydrogen) atoms. The summed E-state index contributed by atoms with van der Waals surface area (Å²) in [5.74, 6) is -4.35. The van der Waals surface area contributed by atoms with Crippen LogP contribution in [0.5, 0.6) is 0 Å². The quantitative estimate of drug-likeness (QED) is 0.0523. The minimum atomic E-state index is -2.43. The van der Waals surface area contributed by atoms with Crippen LogP contribution in [-0.4, -0.2) is 80.2 Å². The van der Waals surface area contributed by atoms with Crippen molar-refractivity contribution in [3.05, 3.63) is 35.9 Å². The van der Waals surface area contributed by atoms with Crippen LogP contribution in [0.1, 0.15) is 145 Å². The standard InChI is InChI=1S/C45H79N3O8Si/c1-12-13-14-15-16-17-18-19-20-21-25-28-37(49)32(4)40-33(5)41(50)47-38(31(2)3)42(51)48-39(34(6)56-57(10,11)45(7,8)9)43(52)46-36(44(53)55-40)30-54-29-35-26-23-22-24-27-35/h22-24,26-27,31-34,36-40,49H,12-21,25,28-30H2,1-11H3,(H,46,52)(H,47,50)(H,48,51)/t32-,33+,34+,36-,37+,38-,39-,40+/m0/s1. The van der Waals surface area contributed by atoms with Gasteiger partial charge < -0.3 is 35.0 Å². The zero-order valence-corrected chi connectivity index (χ0v) is 38.3. The van der Waals surface area contributed by atoms with Gasteiger partial charge in [0.1, 0.15) is 18.2 Å². The van der Waals surface area contributed by atoms with E-state index in [-0.39, 0.29) is 24.2 Å². The van der Waals surface area contributed by atoms with E-state index in [9.17, 15) is 24.3 Å². The number of nitrogens with one attached hydrogen (secondary N) is 3. The first-order valence-corrected chi connectivity index (χ1v) is 24.8. The number of esters is 1. The second-order valence-electron chi connectivity index (χ2n) is 18.3. The Morgan fingerprint density at radius 3 is 1.84 bits per heavy atom. The molecule has 1 aromatic rings. The number of carbonyl (C=O) groups excluding carboxylic acids is 4. The number of unbranched alkanes of at least 4 members (excludes halogenated alkanes) is 10. The van der Waals surface area contributed by atoms with E-state index in [2.05, 4.69) is 56.7 Å². The van der Waals surface area contributed by atoms with Crippen molar-refractivity contribution in [2.24, 2.45) is 17.8 Å². The number of hydrogen-bond acceptors (Lipinski definition) is 8. The van der Waals surface area contributed by atoms with Crippen LogP contribution in [0.3, 0.4) is 0 Å². The first-order chi connectivity index (χ1) is 26.8. The molecular formula is C45H79N3O8Si. The molecule has 1 aliphatic heterocycles. The van der Waals surface area contributed by atoms with Gasteiger partial charge in [-0.05, 0) is 43.0 Å². The van der Waals surface area contributed by atoms with Crippen molar-refractivity contribution in [2.45, 2.75) is 201 Å². The number of ether oxygens (including phenoxy) is 2. The van der Waals surface area contributed by atoms with Crippen LogP contribution >= 0.6 is 0 Å². The van der Waals surface area contributed by atoms with E-state index in [1.165, 1.54) is 51.4 Å². The van der Waals surface area contributed by atoms with Gasteiger partial charge in [-0.1, -0.05) is 156 Å². The number of benzene rings is 1. The summed E-state index contributed by atoms with van der Waals surface area (Å²) >= 11 is 0. The highest BCUT2D eigenvalue weighted by molar-refractivity contribution is 6.74. The predicted octanol–water partition coefficient (Wildman–Crippen LogP) is 7.98. The zero-order valence-electron chi connectivity index (χ0n) is 37.3. The van der Waals surface area contributed by atoms with E-state index in [1.807, 2.05) is 44.2 Å². The van der Waals surface area contributed by atoms with Crippen molar-refractivity contribution in [1.29, 1.82) is 0 Å². The number of carbonyl (C=O) groups is 4. The largest absolute Gasteiger partial charge is 0.460 e. The van der Waals surface area contributed by atoms with Crippen LogP contribution < -0.4 is 16.0 Å². The van der Waals surface area contributed by atoms with Crippen LogP contribution in [0.4, 0.5) is 0 Å². The van der Waals surface area contributed by atoms with Gasteiger partial charge in [-0.3, -0.25) is 14.4 Å². The molecule has 0 unspecified atom stereocenters. The molecule has 2 rings (SSSR count). The number of amides is 3. The molecule has 0 spiro atoms. The lowest BCUT2D eigenvalue weighted by atomic mass is 9.86. The first kappa shape index (κ1) is 50.3. The summed E-state index contributed by atoms with van der Waals surface area (Å²) in [6.07, 6.45) is 10.8. The van der Waals surface area contributed by atoms with Crippen molar-refractivity contribution in [3.63, 3.8) is 0 Å². The zero-order chi connectivity index (χ0) is 42.8. The summed E-state index contributed by atoms with van der Waals surface area (Å²) in [6, 6.07) is 5.98. The molecule has 12 heteroatoms. The molecule has 0 bridgehead atoms. The molecule has 1 heterocycles. The highest BCUT2D eigenvalue weighted by atomic mass is 28.4. The molecular weight excluding hydrogens is 739 g/mol. The summed E-state index contributed by atoms with van der Waals surface area (Å²) in [6.45, 7) is 21.4. The Labute approximate surface area is 346 Å². The fraction of sp³-hybridized carbons (Fsp3) is 0.778. The maximum atomic E-state index is 14.3. The van der Waals surface area contributed by atoms with Crippen LogP contribution in [0.15, 0.2) is 30.3 Å². The SMILES string of the molecule is CCCCCCCCCCCCC[C@@H](O)[C@H](C)[C@H]1OC(=O)[C@H](COCc2ccccc2)NC(=O)[C@H]([C@@H](C)O[Si](C)(C)C(C)(C)C)NC(=O)[C@H](C(C)C)NC(=O)[C@@H]1C. The van der Waals surface area contributed by atoms with Crippen molar-refractivity contribution in [3.8, 4) is 0 Å². The minimum absolute atomic E-state index is 0.178. The van der Waals surface area contributed by atoms with Crippen LogP contribution in [-0.2, 0) is 39.7 Å². The van der Waals surface area contributed by atoms with Gasteiger partial charge in [-0.25, -0.2) is 4.79 Å². The molecule has 3 amide bonds. The normalized spacial score (nSPS) is 23.3. The second-order valence-corrected chi connectivity index (χ2v) is 23.1. The summed E-state index contributed by atoms with van der Waals surface area (Å²) < 4.78 is 18.7. The second kappa shape index (κ2) is 25.0. The number of aliphatic hydroxyl groups is 1. The molecule has 1 aromatic carbocycles. The molecule has 0 saturated carbocycles. The van der Waals surface area contributed by atoms with Gasteiger partial charge in [0.25, 0.3) is 0 Å². The lowest BCUT2D eigenvalue weighted by Gasteiger charge is -2.40. The smallest absolute Gasteiger partial charge is 0.331 e. The number of cyclic esters (lactones) is 1. The van der Waals surface area contributed by atoms with Gasteiger partial charge in [0, 0.05) is 5.92 Å². The van der Waals surface area contributed by atoms with Crippen molar-refractivity contribution in [1.82, 2.24) is 16.0 Å². The van der Waals surface area contributed by atoms with Gasteiger partial charge >= 0.3 is 5.97 Å². The lowest BCUT2D eigenvalue weighted by molar-refractivity contribution is -0.165. The van der Waals surface area contributed by atoms with Crippen molar-refractivity contribution in [2.75, 3.05) is 6.61 Å². The highest BCUT2D eigenvalue weighted by Crippen LogP contribution is 2.37. The van der Waals surface area contributed by atoms with Crippen LogP contribution in [0.2, 0.25) is 18.1 Å². The van der Waals surface area contributed by atoms with E-state index in [1.54, 1.807) is 20.8 Å². The third-order valence-corrected chi connectivity index (χ3v) is 16.5. The Balaban J connectivity index is 2.36. The van der Waals surface area contributed by atoms with E-state index >= 15 is 0 Å². The molecule has 11 nitrogen and oxygen atoms in total. The first-order valence-electron chi connectivity index (χ1n) is 21.9. The molecule has 326 valence electrons. The monoisotopic (exact) mass is 818 g/mol. The highest BCUT2D eigenvalue weighted by Gasteiger charge is 2.44. The summed E-state index contributed by atoms with van der Waals surface area (Å²) in [7, 11) is -2.43. The third kappa shape index (κ3) is 17.1.